The first-order chi connectivity index (χ1) is 6.52. The Bertz CT molecular complexity index is 303. The fourth-order valence-corrected chi connectivity index (χ4v) is 1.38. The van der Waals surface area contributed by atoms with Crippen LogP contribution in [0, 0.1) is 0 Å². The van der Waals surface area contributed by atoms with Gasteiger partial charge in [0.15, 0.2) is 5.78 Å². The molecular weight excluding hydrogens is 178 g/mol. The van der Waals surface area contributed by atoms with Crippen molar-refractivity contribution in [1.82, 2.24) is 4.90 Å². The van der Waals surface area contributed by atoms with Gasteiger partial charge in [-0.2, -0.15) is 0 Å². The van der Waals surface area contributed by atoms with Gasteiger partial charge in [-0.3, -0.25) is 9.69 Å². The average molecular weight is 195 g/mol. The lowest BCUT2D eigenvalue weighted by molar-refractivity contribution is 0.0710. The molecule has 0 aliphatic rings. The Hall–Kier alpha value is -1.09. The number of furan rings is 1. The molecule has 0 saturated carbocycles. The number of rotatable bonds is 4. The predicted molar refractivity (Wildman–Crippen MR) is 55.4 cm³/mol. The summed E-state index contributed by atoms with van der Waals surface area (Å²) in [7, 11) is 3.84. The Morgan fingerprint density at radius 3 is 2.57 bits per heavy atom. The van der Waals surface area contributed by atoms with E-state index < -0.39 is 5.54 Å². The highest BCUT2D eigenvalue weighted by atomic mass is 16.3. The van der Waals surface area contributed by atoms with Crippen molar-refractivity contribution in [3.05, 3.63) is 24.2 Å². The standard InChI is InChI=1S/C11H17NO2/c1-5-11(2,12(3)4)10(13)9-6-7-14-8-9/h6-8H,5H2,1-4H3. The first kappa shape index (κ1) is 11.0. The summed E-state index contributed by atoms with van der Waals surface area (Å²) in [6.45, 7) is 3.96. The molecule has 0 aliphatic heterocycles. The largest absolute Gasteiger partial charge is 0.472 e. The molecule has 0 bridgehead atoms. The molecule has 1 atom stereocenters. The molecule has 14 heavy (non-hydrogen) atoms. The van der Waals surface area contributed by atoms with Gasteiger partial charge in [0.25, 0.3) is 0 Å². The lowest BCUT2D eigenvalue weighted by atomic mass is 9.88. The van der Waals surface area contributed by atoms with Gasteiger partial charge in [0.05, 0.1) is 17.4 Å². The summed E-state index contributed by atoms with van der Waals surface area (Å²) in [4.78, 5) is 14.0. The summed E-state index contributed by atoms with van der Waals surface area (Å²) in [6.07, 6.45) is 3.81. The van der Waals surface area contributed by atoms with Gasteiger partial charge in [0, 0.05) is 0 Å². The van der Waals surface area contributed by atoms with Gasteiger partial charge in [0.1, 0.15) is 6.26 Å². The van der Waals surface area contributed by atoms with E-state index in [1.165, 1.54) is 12.5 Å². The SMILES string of the molecule is CCC(C)(C(=O)c1ccoc1)N(C)C. The van der Waals surface area contributed by atoms with Crippen LogP contribution in [0.1, 0.15) is 30.6 Å². The van der Waals surface area contributed by atoms with Crippen LogP contribution in [0.3, 0.4) is 0 Å². The fraction of sp³-hybridized carbons (Fsp3) is 0.545. The van der Waals surface area contributed by atoms with Crippen molar-refractivity contribution in [3.63, 3.8) is 0 Å². The maximum absolute atomic E-state index is 12.1. The molecule has 1 unspecified atom stereocenters. The topological polar surface area (TPSA) is 33.5 Å². The number of likely N-dealkylation sites (N-methyl/N-ethyl adjacent to an activating group) is 1. The second-order valence-corrected chi connectivity index (χ2v) is 3.86. The number of nitrogens with zero attached hydrogens (tertiary/aromatic N) is 1. The summed E-state index contributed by atoms with van der Waals surface area (Å²) in [5.74, 6) is 0.110. The van der Waals surface area contributed by atoms with Crippen molar-refractivity contribution in [2.75, 3.05) is 14.1 Å². The molecule has 0 N–H and O–H groups in total. The Morgan fingerprint density at radius 1 is 1.57 bits per heavy atom. The lowest BCUT2D eigenvalue weighted by Gasteiger charge is -2.33. The quantitative estimate of drug-likeness (QED) is 0.690. The molecule has 0 spiro atoms. The van der Waals surface area contributed by atoms with Crippen molar-refractivity contribution >= 4 is 5.78 Å². The molecule has 1 aromatic heterocycles. The van der Waals surface area contributed by atoms with Crippen LogP contribution in [-0.2, 0) is 0 Å². The third-order valence-electron chi connectivity index (χ3n) is 2.95. The van der Waals surface area contributed by atoms with Crippen molar-refractivity contribution in [3.8, 4) is 0 Å². The first-order valence-corrected chi connectivity index (χ1v) is 4.76. The number of hydrogen-bond donors (Lipinski definition) is 0. The molecule has 78 valence electrons. The summed E-state index contributed by atoms with van der Waals surface area (Å²) in [5, 5.41) is 0. The zero-order chi connectivity index (χ0) is 10.8. The summed E-state index contributed by atoms with van der Waals surface area (Å²) < 4.78 is 4.92. The van der Waals surface area contributed by atoms with Gasteiger partial charge >= 0.3 is 0 Å². The molecule has 3 nitrogen and oxygen atoms in total. The second kappa shape index (κ2) is 3.96. The molecule has 0 amide bonds. The van der Waals surface area contributed by atoms with Crippen molar-refractivity contribution in [1.29, 1.82) is 0 Å². The van der Waals surface area contributed by atoms with E-state index in [-0.39, 0.29) is 5.78 Å². The van der Waals surface area contributed by atoms with Gasteiger partial charge in [-0.15, -0.1) is 0 Å². The number of Topliss-reactive ketones (excluding diaryl/α,β-unsaturated/α-hetero) is 1. The Balaban J connectivity index is 2.97. The molecule has 0 aliphatic carbocycles. The van der Waals surface area contributed by atoms with E-state index in [1.807, 2.05) is 32.8 Å². The molecule has 0 radical (unpaired) electrons. The molecular formula is C11H17NO2. The number of hydrogen-bond acceptors (Lipinski definition) is 3. The smallest absolute Gasteiger partial charge is 0.185 e. The minimum absolute atomic E-state index is 0.110. The molecule has 0 saturated heterocycles. The van der Waals surface area contributed by atoms with Crippen LogP contribution in [0.5, 0.6) is 0 Å². The Kier molecular flexibility index (Phi) is 3.11. The van der Waals surface area contributed by atoms with Crippen LogP contribution in [0.15, 0.2) is 23.0 Å². The van der Waals surface area contributed by atoms with Crippen molar-refractivity contribution in [2.45, 2.75) is 25.8 Å². The minimum Gasteiger partial charge on any atom is -0.472 e. The summed E-state index contributed by atoms with van der Waals surface area (Å²) in [5.41, 5.74) is 0.201. The highest BCUT2D eigenvalue weighted by Gasteiger charge is 2.34. The molecule has 1 rings (SSSR count). The average Bonchev–Trinajstić information content (AvgIpc) is 2.67. The minimum atomic E-state index is -0.441. The van der Waals surface area contributed by atoms with E-state index in [0.29, 0.717) is 5.56 Å². The normalized spacial score (nSPS) is 15.5. The van der Waals surface area contributed by atoms with Crippen molar-refractivity contribution in [2.24, 2.45) is 0 Å². The van der Waals surface area contributed by atoms with Crippen LogP contribution in [0.25, 0.3) is 0 Å². The van der Waals surface area contributed by atoms with E-state index >= 15 is 0 Å². The van der Waals surface area contributed by atoms with Gasteiger partial charge in [-0.05, 0) is 33.5 Å². The molecule has 1 heterocycles. The van der Waals surface area contributed by atoms with Crippen LogP contribution < -0.4 is 0 Å². The fourth-order valence-electron chi connectivity index (χ4n) is 1.38. The summed E-state index contributed by atoms with van der Waals surface area (Å²) in [6, 6.07) is 1.71. The van der Waals surface area contributed by atoms with E-state index in [2.05, 4.69) is 0 Å². The van der Waals surface area contributed by atoms with Crippen LogP contribution in [0.2, 0.25) is 0 Å². The molecule has 0 aromatic carbocycles. The number of carbonyl (C=O) groups is 1. The highest BCUT2D eigenvalue weighted by molar-refractivity contribution is 6.02. The van der Waals surface area contributed by atoms with Crippen LogP contribution in [-0.4, -0.2) is 30.3 Å². The monoisotopic (exact) mass is 195 g/mol. The molecule has 0 fully saturated rings. The Labute approximate surface area is 84.7 Å². The predicted octanol–water partition coefficient (Wildman–Crippen LogP) is 2.19. The van der Waals surface area contributed by atoms with E-state index in [0.717, 1.165) is 6.42 Å². The van der Waals surface area contributed by atoms with E-state index in [4.69, 9.17) is 4.42 Å². The van der Waals surface area contributed by atoms with Crippen molar-refractivity contribution < 1.29 is 9.21 Å². The van der Waals surface area contributed by atoms with E-state index in [1.54, 1.807) is 6.07 Å². The van der Waals surface area contributed by atoms with E-state index in [9.17, 15) is 4.79 Å². The zero-order valence-electron chi connectivity index (χ0n) is 9.20. The maximum atomic E-state index is 12.1. The Morgan fingerprint density at radius 2 is 2.21 bits per heavy atom. The molecule has 1 aromatic rings. The third-order valence-corrected chi connectivity index (χ3v) is 2.95. The summed E-state index contributed by atoms with van der Waals surface area (Å²) >= 11 is 0. The zero-order valence-corrected chi connectivity index (χ0v) is 9.20. The lowest BCUT2D eigenvalue weighted by Crippen LogP contribution is -2.47. The van der Waals surface area contributed by atoms with Gasteiger partial charge in [0.2, 0.25) is 0 Å². The number of ketones is 1. The second-order valence-electron chi connectivity index (χ2n) is 3.86. The first-order valence-electron chi connectivity index (χ1n) is 4.76. The highest BCUT2D eigenvalue weighted by Crippen LogP contribution is 2.22. The van der Waals surface area contributed by atoms with Crippen LogP contribution >= 0.6 is 0 Å². The third kappa shape index (κ3) is 1.73. The number of carbonyl (C=O) groups excluding carboxylic acids is 1. The molecule has 3 heteroatoms. The van der Waals surface area contributed by atoms with Gasteiger partial charge in [-0.25, -0.2) is 0 Å². The van der Waals surface area contributed by atoms with Gasteiger partial charge in [-0.1, -0.05) is 6.92 Å². The van der Waals surface area contributed by atoms with Gasteiger partial charge < -0.3 is 4.42 Å². The maximum Gasteiger partial charge on any atom is 0.185 e. The van der Waals surface area contributed by atoms with Crippen LogP contribution in [0.4, 0.5) is 0 Å².